The van der Waals surface area contributed by atoms with Crippen LogP contribution in [0.1, 0.15) is 39.2 Å². The Morgan fingerprint density at radius 3 is 2.36 bits per heavy atom. The lowest BCUT2D eigenvalue weighted by Gasteiger charge is -2.35. The Hall–Kier alpha value is -1.91. The molecular weight excluding hydrogens is 285 g/mol. The molecule has 5 heteroatoms. The summed E-state index contributed by atoms with van der Waals surface area (Å²) < 4.78 is 18.4. The predicted molar refractivity (Wildman–Crippen MR) is 78.2 cm³/mol. The van der Waals surface area contributed by atoms with E-state index in [0.29, 0.717) is 12.8 Å². The third kappa shape index (κ3) is 1.74. The zero-order chi connectivity index (χ0) is 16.2. The second kappa shape index (κ2) is 4.54. The Morgan fingerprint density at radius 1 is 1.23 bits per heavy atom. The van der Waals surface area contributed by atoms with Crippen LogP contribution in [0, 0.1) is 16.6 Å². The first kappa shape index (κ1) is 15.0. The maximum absolute atomic E-state index is 12.9. The molecule has 118 valence electrons. The summed E-state index contributed by atoms with van der Waals surface area (Å²) in [5.41, 5.74) is -1.46. The summed E-state index contributed by atoms with van der Waals surface area (Å²) in [5.74, 6) is -0.872. The fourth-order valence-corrected chi connectivity index (χ4v) is 3.67. The minimum absolute atomic E-state index is 0.267. The minimum atomic E-state index is -1.10. The number of hydrogen-bond acceptors (Lipinski definition) is 3. The Bertz CT molecular complexity index is 640. The van der Waals surface area contributed by atoms with E-state index in [2.05, 4.69) is 5.32 Å². The molecule has 1 amide bonds. The van der Waals surface area contributed by atoms with Crippen molar-refractivity contribution in [3.05, 3.63) is 35.6 Å². The minimum Gasteiger partial charge on any atom is -0.448 e. The van der Waals surface area contributed by atoms with Gasteiger partial charge in [-0.05, 0) is 37.5 Å². The topological polar surface area (TPSA) is 55.4 Å². The third-order valence-electron chi connectivity index (χ3n) is 5.82. The van der Waals surface area contributed by atoms with Crippen LogP contribution in [0.5, 0.6) is 0 Å². The van der Waals surface area contributed by atoms with Gasteiger partial charge >= 0.3 is 5.97 Å². The van der Waals surface area contributed by atoms with Crippen LogP contribution in [-0.2, 0) is 20.9 Å². The van der Waals surface area contributed by atoms with E-state index in [-0.39, 0.29) is 24.2 Å². The van der Waals surface area contributed by atoms with Crippen LogP contribution in [-0.4, -0.2) is 17.5 Å². The van der Waals surface area contributed by atoms with Crippen LogP contribution < -0.4 is 5.32 Å². The Balaban J connectivity index is 1.78. The Labute approximate surface area is 129 Å². The van der Waals surface area contributed by atoms with Crippen molar-refractivity contribution < 1.29 is 18.7 Å². The van der Waals surface area contributed by atoms with Crippen molar-refractivity contribution in [1.82, 2.24) is 5.32 Å². The lowest BCUT2D eigenvalue weighted by Crippen LogP contribution is -2.53. The van der Waals surface area contributed by atoms with Gasteiger partial charge in [0.1, 0.15) is 5.82 Å². The summed E-state index contributed by atoms with van der Waals surface area (Å²) in [7, 11) is 0. The first-order chi connectivity index (χ1) is 10.2. The van der Waals surface area contributed by atoms with E-state index < -0.39 is 16.4 Å². The van der Waals surface area contributed by atoms with Crippen LogP contribution in [0.4, 0.5) is 4.39 Å². The molecule has 1 saturated heterocycles. The monoisotopic (exact) mass is 305 g/mol. The number of carbonyl (C=O) groups is 2. The SMILES string of the molecule is CC1(C)[C@@]2(C)CC[C@]1(C(=O)NCc1ccc(F)cc1)OC2=O. The maximum Gasteiger partial charge on any atom is 0.313 e. The summed E-state index contributed by atoms with van der Waals surface area (Å²) >= 11 is 0. The summed E-state index contributed by atoms with van der Waals surface area (Å²) in [6, 6.07) is 5.95. The summed E-state index contributed by atoms with van der Waals surface area (Å²) in [6.07, 6.45) is 1.19. The fourth-order valence-electron chi connectivity index (χ4n) is 3.67. The molecule has 2 aliphatic rings. The van der Waals surface area contributed by atoms with E-state index in [1.165, 1.54) is 12.1 Å². The molecule has 22 heavy (non-hydrogen) atoms. The van der Waals surface area contributed by atoms with Crippen molar-refractivity contribution >= 4 is 11.9 Å². The van der Waals surface area contributed by atoms with Crippen molar-refractivity contribution in [3.8, 4) is 0 Å². The van der Waals surface area contributed by atoms with Crippen molar-refractivity contribution in [3.63, 3.8) is 0 Å². The number of amides is 1. The predicted octanol–water partition coefficient (Wildman–Crippen LogP) is 2.56. The van der Waals surface area contributed by atoms with Crippen LogP contribution in [0.3, 0.4) is 0 Å². The number of nitrogens with one attached hydrogen (secondary N) is 1. The van der Waals surface area contributed by atoms with Gasteiger partial charge in [0.25, 0.3) is 5.91 Å². The molecule has 4 nitrogen and oxygen atoms in total. The molecule has 1 aliphatic heterocycles. The Kier molecular flexibility index (Phi) is 3.10. The van der Waals surface area contributed by atoms with E-state index >= 15 is 0 Å². The number of carbonyl (C=O) groups excluding carboxylic acids is 2. The van der Waals surface area contributed by atoms with Gasteiger partial charge in [-0.2, -0.15) is 0 Å². The number of halogens is 1. The number of benzene rings is 1. The molecule has 2 bridgehead atoms. The molecule has 2 atom stereocenters. The molecule has 0 radical (unpaired) electrons. The van der Waals surface area contributed by atoms with E-state index in [0.717, 1.165) is 5.56 Å². The van der Waals surface area contributed by atoms with Gasteiger partial charge in [-0.3, -0.25) is 9.59 Å². The van der Waals surface area contributed by atoms with Crippen LogP contribution in [0.15, 0.2) is 24.3 Å². The van der Waals surface area contributed by atoms with Gasteiger partial charge in [-0.25, -0.2) is 4.39 Å². The third-order valence-corrected chi connectivity index (χ3v) is 5.82. The van der Waals surface area contributed by atoms with Gasteiger partial charge in [0.2, 0.25) is 0 Å². The van der Waals surface area contributed by atoms with Gasteiger partial charge in [-0.1, -0.05) is 26.0 Å². The van der Waals surface area contributed by atoms with Gasteiger partial charge < -0.3 is 10.1 Å². The number of esters is 1. The number of hydrogen-bond donors (Lipinski definition) is 1. The molecule has 0 spiro atoms. The van der Waals surface area contributed by atoms with Gasteiger partial charge in [0.05, 0.1) is 5.41 Å². The van der Waals surface area contributed by atoms with Crippen LogP contribution in [0.25, 0.3) is 0 Å². The maximum atomic E-state index is 12.9. The van der Waals surface area contributed by atoms with Crippen LogP contribution >= 0.6 is 0 Å². The lowest BCUT2D eigenvalue weighted by molar-refractivity contribution is -0.168. The highest BCUT2D eigenvalue weighted by atomic mass is 19.1. The molecule has 0 aromatic heterocycles. The Morgan fingerprint density at radius 2 is 1.86 bits per heavy atom. The zero-order valence-electron chi connectivity index (χ0n) is 13.0. The summed E-state index contributed by atoms with van der Waals surface area (Å²) in [5, 5.41) is 2.83. The quantitative estimate of drug-likeness (QED) is 0.873. The van der Waals surface area contributed by atoms with E-state index in [1.54, 1.807) is 12.1 Å². The second-order valence-corrected chi connectivity index (χ2v) is 6.98. The van der Waals surface area contributed by atoms with Crippen molar-refractivity contribution in [2.45, 2.75) is 45.8 Å². The van der Waals surface area contributed by atoms with E-state index in [1.807, 2.05) is 20.8 Å². The molecule has 1 aliphatic carbocycles. The van der Waals surface area contributed by atoms with Gasteiger partial charge in [-0.15, -0.1) is 0 Å². The highest BCUT2D eigenvalue weighted by molar-refractivity contribution is 5.96. The first-order valence-corrected chi connectivity index (χ1v) is 7.49. The average molecular weight is 305 g/mol. The van der Waals surface area contributed by atoms with Crippen molar-refractivity contribution in [2.24, 2.45) is 10.8 Å². The highest BCUT2D eigenvalue weighted by Gasteiger charge is 2.75. The molecule has 1 saturated carbocycles. The number of rotatable bonds is 3. The number of fused-ring (bicyclic) bond motifs is 2. The van der Waals surface area contributed by atoms with Crippen molar-refractivity contribution in [1.29, 1.82) is 0 Å². The largest absolute Gasteiger partial charge is 0.448 e. The summed E-state index contributed by atoms with van der Waals surface area (Å²) in [6.45, 7) is 5.99. The molecular formula is C17H20FNO3. The standard InChI is InChI=1S/C17H20FNO3/c1-15(2)16(3)8-9-17(15,22-14(16)21)13(20)19-10-11-4-6-12(18)7-5-11/h4-7H,8-10H2,1-3H3,(H,19,20)/t16-,17+/m0/s1. The fraction of sp³-hybridized carbons (Fsp3) is 0.529. The summed E-state index contributed by atoms with van der Waals surface area (Å²) in [4.78, 5) is 24.9. The van der Waals surface area contributed by atoms with E-state index in [4.69, 9.17) is 4.74 Å². The molecule has 1 N–H and O–H groups in total. The zero-order valence-corrected chi connectivity index (χ0v) is 13.0. The molecule has 3 rings (SSSR count). The molecule has 1 heterocycles. The smallest absolute Gasteiger partial charge is 0.313 e. The van der Waals surface area contributed by atoms with Crippen LogP contribution in [0.2, 0.25) is 0 Å². The second-order valence-electron chi connectivity index (χ2n) is 6.98. The first-order valence-electron chi connectivity index (χ1n) is 7.49. The molecule has 0 unspecified atom stereocenters. The number of ether oxygens (including phenoxy) is 1. The average Bonchev–Trinajstić information content (AvgIpc) is 2.77. The van der Waals surface area contributed by atoms with Crippen molar-refractivity contribution in [2.75, 3.05) is 0 Å². The normalized spacial score (nSPS) is 31.9. The molecule has 1 aromatic carbocycles. The highest BCUT2D eigenvalue weighted by Crippen LogP contribution is 2.65. The molecule has 1 aromatic rings. The van der Waals surface area contributed by atoms with Gasteiger partial charge in [0, 0.05) is 12.0 Å². The van der Waals surface area contributed by atoms with Gasteiger partial charge in [0.15, 0.2) is 5.60 Å². The molecule has 2 fully saturated rings. The van der Waals surface area contributed by atoms with E-state index in [9.17, 15) is 14.0 Å². The lowest BCUT2D eigenvalue weighted by atomic mass is 9.66.